The van der Waals surface area contributed by atoms with Crippen LogP contribution < -0.4 is 16.5 Å². The van der Waals surface area contributed by atoms with E-state index in [1.807, 2.05) is 5.32 Å². The molecule has 2 rings (SSSR count). The molecule has 160 valence electrons. The summed E-state index contributed by atoms with van der Waals surface area (Å²) in [6.45, 7) is 6.67. The molecule has 2 aromatic rings. The number of halogens is 2. The minimum atomic E-state index is -3.35. The van der Waals surface area contributed by atoms with Crippen molar-refractivity contribution in [2.75, 3.05) is 5.73 Å². The molecule has 1 aromatic carbocycles. The van der Waals surface area contributed by atoms with Gasteiger partial charge in [-0.3, -0.25) is 14.8 Å². The smallest absolute Gasteiger partial charge is 0.269 e. The highest BCUT2D eigenvalue weighted by atomic mass is 32.1. The molecule has 0 aliphatic heterocycles. The molecule has 6 N–H and O–H groups in total. The summed E-state index contributed by atoms with van der Waals surface area (Å²) in [6.07, 6.45) is -1.83. The van der Waals surface area contributed by atoms with Gasteiger partial charge >= 0.3 is 0 Å². The van der Waals surface area contributed by atoms with Crippen LogP contribution in [0.2, 0.25) is 0 Å². The minimum Gasteiger partial charge on any atom is -0.381 e. The average Bonchev–Trinajstić information content (AvgIpc) is 3.16. The molecular weight excluding hydrogens is 418 g/mol. The van der Waals surface area contributed by atoms with Crippen LogP contribution >= 0.6 is 11.3 Å². The monoisotopic (exact) mass is 438 g/mol. The lowest BCUT2D eigenvalue weighted by molar-refractivity contribution is -0.149. The molecule has 2 atom stereocenters. The third kappa shape index (κ3) is 6.35. The van der Waals surface area contributed by atoms with Crippen LogP contribution in [0.25, 0.3) is 0 Å². The van der Waals surface area contributed by atoms with Crippen molar-refractivity contribution < 1.29 is 28.7 Å². The van der Waals surface area contributed by atoms with Gasteiger partial charge in [-0.1, -0.05) is 17.3 Å². The number of alkyl halides is 2. The van der Waals surface area contributed by atoms with Crippen molar-refractivity contribution in [3.8, 4) is 11.8 Å². The number of amides is 2. The molecule has 0 spiro atoms. The maximum Gasteiger partial charge on any atom is 0.269 e. The van der Waals surface area contributed by atoms with Crippen molar-refractivity contribution >= 4 is 28.3 Å². The summed E-state index contributed by atoms with van der Waals surface area (Å²) in [7, 11) is 0. The number of aromatic nitrogens is 1. The van der Waals surface area contributed by atoms with Crippen LogP contribution in [0.15, 0.2) is 43.6 Å². The van der Waals surface area contributed by atoms with Crippen LogP contribution in [-0.4, -0.2) is 45.2 Å². The number of aliphatic hydroxyl groups is 1. The van der Waals surface area contributed by atoms with Crippen molar-refractivity contribution in [2.24, 2.45) is 0 Å². The van der Waals surface area contributed by atoms with Crippen molar-refractivity contribution in [2.45, 2.75) is 25.0 Å². The zero-order valence-electron chi connectivity index (χ0n) is 15.9. The van der Waals surface area contributed by atoms with Crippen LogP contribution in [0.5, 0.6) is 0 Å². The van der Waals surface area contributed by atoms with E-state index in [2.05, 4.69) is 30.0 Å². The number of rotatable bonds is 5. The second-order valence-corrected chi connectivity index (χ2v) is 6.86. The van der Waals surface area contributed by atoms with Crippen molar-refractivity contribution in [3.63, 3.8) is 0 Å². The molecule has 11 heteroatoms. The van der Waals surface area contributed by atoms with Crippen LogP contribution in [-0.2, 0) is 4.79 Å². The van der Waals surface area contributed by atoms with Crippen LogP contribution in [0, 0.1) is 11.8 Å². The third-order valence-electron chi connectivity index (χ3n) is 3.67. The average molecular weight is 438 g/mol. The van der Waals surface area contributed by atoms with Crippen LogP contribution in [0.1, 0.15) is 27.7 Å². The predicted octanol–water partition coefficient (Wildman–Crippen LogP) is 1.55. The lowest BCUT2D eigenvalue weighted by Crippen LogP contribution is -2.61. The van der Waals surface area contributed by atoms with Crippen LogP contribution in [0.4, 0.5) is 13.9 Å². The Morgan fingerprint density at radius 3 is 2.33 bits per heavy atom. The first kappa shape index (κ1) is 24.7. The fraction of sp³-hybridized carbons (Fsp3) is 0.211. The molecular formula is C19H20F2N4O4S. The van der Waals surface area contributed by atoms with Gasteiger partial charge in [-0.25, -0.2) is 19.2 Å². The zero-order valence-corrected chi connectivity index (χ0v) is 16.7. The molecule has 0 radical (unpaired) electrons. The molecule has 0 bridgehead atoms. The second kappa shape index (κ2) is 11.0. The highest BCUT2D eigenvalue weighted by Crippen LogP contribution is 2.20. The Morgan fingerprint density at radius 2 is 1.87 bits per heavy atom. The molecule has 0 aliphatic rings. The summed E-state index contributed by atoms with van der Waals surface area (Å²) >= 11 is 1.22. The lowest BCUT2D eigenvalue weighted by Gasteiger charge is -2.30. The predicted molar refractivity (Wildman–Crippen MR) is 108 cm³/mol. The van der Waals surface area contributed by atoms with E-state index in [1.54, 1.807) is 0 Å². The molecule has 8 nitrogen and oxygen atoms in total. The number of hydrogen-bond acceptors (Lipinski definition) is 7. The van der Waals surface area contributed by atoms with Gasteiger partial charge in [-0.15, -0.1) is 13.2 Å². The zero-order chi connectivity index (χ0) is 22.9. The largest absolute Gasteiger partial charge is 0.381 e. The molecule has 0 saturated carbocycles. The normalized spacial score (nSPS) is 13.0. The number of nitrogens with one attached hydrogen (secondary N) is 2. The molecule has 0 fully saturated rings. The van der Waals surface area contributed by atoms with Crippen molar-refractivity contribution in [1.82, 2.24) is 15.8 Å². The fourth-order valence-electron chi connectivity index (χ4n) is 2.07. The summed E-state index contributed by atoms with van der Waals surface area (Å²) in [6, 6.07) is 3.68. The number of benzene rings is 1. The maximum absolute atomic E-state index is 13.0. The van der Waals surface area contributed by atoms with E-state index in [1.165, 1.54) is 41.8 Å². The lowest BCUT2D eigenvalue weighted by atomic mass is 9.95. The number of carbonyl (C=O) groups excluding carboxylic acids is 2. The molecule has 1 aromatic heterocycles. The first-order valence-electron chi connectivity index (χ1n) is 8.24. The van der Waals surface area contributed by atoms with Gasteiger partial charge in [0.05, 0.1) is 11.1 Å². The highest BCUT2D eigenvalue weighted by Gasteiger charge is 2.46. The summed E-state index contributed by atoms with van der Waals surface area (Å²) in [5.74, 6) is 3.41. The molecule has 0 saturated heterocycles. The minimum absolute atomic E-state index is 0.0355. The summed E-state index contributed by atoms with van der Waals surface area (Å²) < 4.78 is 26.0. The third-order valence-corrected chi connectivity index (χ3v) is 4.42. The first-order valence-corrected chi connectivity index (χ1v) is 9.05. The van der Waals surface area contributed by atoms with Crippen LogP contribution in [0.3, 0.4) is 0 Å². The van der Waals surface area contributed by atoms with Gasteiger partial charge < -0.3 is 16.2 Å². The van der Waals surface area contributed by atoms with Gasteiger partial charge in [0.15, 0.2) is 10.7 Å². The number of carbonyl (C=O) groups is 2. The number of nitrogens with two attached hydrogens (primary N) is 1. The van der Waals surface area contributed by atoms with Gasteiger partial charge in [0.25, 0.3) is 18.2 Å². The number of thiazole rings is 1. The quantitative estimate of drug-likeness (QED) is 0.208. The molecule has 0 unspecified atom stereocenters. The number of nitrogen functional groups attached to an aromatic ring is 1. The highest BCUT2D eigenvalue weighted by molar-refractivity contribution is 7.15. The van der Waals surface area contributed by atoms with Gasteiger partial charge in [0.2, 0.25) is 0 Å². The van der Waals surface area contributed by atoms with E-state index >= 15 is 0 Å². The van der Waals surface area contributed by atoms with E-state index in [4.69, 9.17) is 10.9 Å². The van der Waals surface area contributed by atoms with E-state index in [9.17, 15) is 23.5 Å². The molecule has 30 heavy (non-hydrogen) atoms. The molecule has 0 aliphatic carbocycles. The Morgan fingerprint density at radius 1 is 1.27 bits per heavy atom. The standard InChI is InChI=1S/C17H16F2N4O4S.C2H4/c1-17(26,15(18)19)12(14(25)23-27)22-13(24)10-5-2-9(3-6-10)4-7-11-8-21-16(20)28-11;1-2/h2-3,5-6,8,12,15,26-27H,1H3,(H2,20,21)(H,22,24)(H,23,25);1-2H2/t12-,17+;/m1./s1. The maximum atomic E-state index is 13.0. The van der Waals surface area contributed by atoms with E-state index in [-0.39, 0.29) is 5.56 Å². The molecule has 1 heterocycles. The van der Waals surface area contributed by atoms with Gasteiger partial charge in [0, 0.05) is 11.1 Å². The Labute approximate surface area is 175 Å². The number of hydrogen-bond donors (Lipinski definition) is 5. The van der Waals surface area contributed by atoms with E-state index < -0.39 is 29.9 Å². The van der Waals surface area contributed by atoms with Gasteiger partial charge in [0.1, 0.15) is 6.04 Å². The van der Waals surface area contributed by atoms with E-state index in [0.29, 0.717) is 22.5 Å². The SMILES string of the molecule is C=C.C[C@@](O)(C(F)F)[C@H](NC(=O)c1ccc(C#Cc2cnc(N)s2)cc1)C(=O)NO. The number of anilines is 1. The van der Waals surface area contributed by atoms with Gasteiger partial charge in [-0.05, 0) is 37.1 Å². The summed E-state index contributed by atoms with van der Waals surface area (Å²) in [4.78, 5) is 28.4. The Kier molecular flexibility index (Phi) is 9.07. The fourth-order valence-corrected chi connectivity index (χ4v) is 2.60. The first-order chi connectivity index (χ1) is 14.1. The summed E-state index contributed by atoms with van der Waals surface area (Å²) in [5.41, 5.74) is 4.35. The number of hydroxylamine groups is 1. The van der Waals surface area contributed by atoms with E-state index in [0.717, 1.165) is 5.48 Å². The molecule has 2 amide bonds. The van der Waals surface area contributed by atoms with Crippen molar-refractivity contribution in [3.05, 3.63) is 59.6 Å². The van der Waals surface area contributed by atoms with Gasteiger partial charge in [-0.2, -0.15) is 0 Å². The topological polar surface area (TPSA) is 138 Å². The summed E-state index contributed by atoms with van der Waals surface area (Å²) in [5, 5.41) is 20.9. The second-order valence-electron chi connectivity index (χ2n) is 5.80. The Balaban J connectivity index is 0.00000218. The Hall–Kier alpha value is -3.33. The number of nitrogens with zero attached hydrogens (tertiary/aromatic N) is 1. The van der Waals surface area contributed by atoms with Crippen molar-refractivity contribution in [1.29, 1.82) is 0 Å². The Bertz CT molecular complexity index is 936.